The number of ether oxygens (including phenoxy) is 2. The van der Waals surface area contributed by atoms with E-state index in [9.17, 15) is 22.8 Å². The van der Waals surface area contributed by atoms with E-state index in [1.54, 1.807) is 0 Å². The van der Waals surface area contributed by atoms with E-state index in [4.69, 9.17) is 4.74 Å². The van der Waals surface area contributed by atoms with Gasteiger partial charge in [0.05, 0.1) is 17.6 Å². The molecule has 0 bridgehead atoms. The second kappa shape index (κ2) is 10.2. The summed E-state index contributed by atoms with van der Waals surface area (Å²) < 4.78 is 35.7. The van der Waals surface area contributed by atoms with Crippen molar-refractivity contribution in [1.82, 2.24) is 9.62 Å². The first-order chi connectivity index (χ1) is 13.3. The lowest BCUT2D eigenvalue weighted by atomic mass is 10.2. The fraction of sp³-hybridized carbons (Fsp3) is 0.500. The van der Waals surface area contributed by atoms with Gasteiger partial charge in [0, 0.05) is 26.1 Å². The quantitative estimate of drug-likeness (QED) is 0.468. The summed E-state index contributed by atoms with van der Waals surface area (Å²) in [7, 11) is -2.26. The smallest absolute Gasteiger partial charge is 0.338 e. The van der Waals surface area contributed by atoms with E-state index in [-0.39, 0.29) is 29.4 Å². The topological polar surface area (TPSA) is 119 Å². The molecule has 1 N–H and O–H groups in total. The molecule has 0 saturated carbocycles. The summed E-state index contributed by atoms with van der Waals surface area (Å²) in [4.78, 5) is 34.7. The molecule has 1 fully saturated rings. The van der Waals surface area contributed by atoms with E-state index in [0.717, 1.165) is 12.8 Å². The molecule has 1 heterocycles. The van der Waals surface area contributed by atoms with Crippen LogP contribution in [0.5, 0.6) is 0 Å². The van der Waals surface area contributed by atoms with Crippen LogP contribution in [-0.4, -0.2) is 63.9 Å². The lowest BCUT2D eigenvalue weighted by Gasteiger charge is -2.15. The van der Waals surface area contributed by atoms with Crippen LogP contribution in [0, 0.1) is 0 Å². The van der Waals surface area contributed by atoms with Gasteiger partial charge in [0.2, 0.25) is 10.0 Å². The molecule has 0 aliphatic carbocycles. The number of carbonyl (C=O) groups excluding carboxylic acids is 3. The van der Waals surface area contributed by atoms with Crippen LogP contribution in [0.2, 0.25) is 0 Å². The van der Waals surface area contributed by atoms with Crippen LogP contribution in [0.3, 0.4) is 0 Å². The normalized spacial score (nSPS) is 14.5. The third-order valence-electron chi connectivity index (χ3n) is 4.23. The van der Waals surface area contributed by atoms with E-state index in [2.05, 4.69) is 10.1 Å². The second-order valence-corrected chi connectivity index (χ2v) is 8.18. The predicted molar refractivity (Wildman–Crippen MR) is 99.0 cm³/mol. The molecule has 1 aliphatic rings. The Labute approximate surface area is 164 Å². The Balaban J connectivity index is 1.79. The van der Waals surface area contributed by atoms with Crippen LogP contribution in [0.1, 0.15) is 36.0 Å². The van der Waals surface area contributed by atoms with Gasteiger partial charge in [-0.1, -0.05) is 0 Å². The van der Waals surface area contributed by atoms with Crippen molar-refractivity contribution in [3.63, 3.8) is 0 Å². The first-order valence-corrected chi connectivity index (χ1v) is 10.4. The Morgan fingerprint density at radius 3 is 2.36 bits per heavy atom. The van der Waals surface area contributed by atoms with Gasteiger partial charge in [0.25, 0.3) is 5.91 Å². The number of rotatable bonds is 9. The van der Waals surface area contributed by atoms with Crippen molar-refractivity contribution in [2.75, 3.05) is 33.4 Å². The Morgan fingerprint density at radius 1 is 1.11 bits per heavy atom. The first-order valence-electron chi connectivity index (χ1n) is 8.95. The Kier molecular flexibility index (Phi) is 7.94. The molecule has 9 nitrogen and oxygen atoms in total. The van der Waals surface area contributed by atoms with Crippen molar-refractivity contribution in [3.8, 4) is 0 Å². The summed E-state index contributed by atoms with van der Waals surface area (Å²) in [6.07, 6.45) is 2.28. The van der Waals surface area contributed by atoms with Crippen molar-refractivity contribution in [2.45, 2.75) is 30.6 Å². The van der Waals surface area contributed by atoms with Gasteiger partial charge in [-0.05, 0) is 43.5 Å². The number of methoxy groups -OCH3 is 1. The summed E-state index contributed by atoms with van der Waals surface area (Å²) in [5.74, 6) is -1.59. The zero-order valence-electron chi connectivity index (χ0n) is 15.7. The van der Waals surface area contributed by atoms with Gasteiger partial charge in [-0.2, -0.15) is 4.31 Å². The van der Waals surface area contributed by atoms with E-state index < -0.39 is 28.5 Å². The molecule has 154 valence electrons. The van der Waals surface area contributed by atoms with Crippen LogP contribution in [0.4, 0.5) is 0 Å². The number of amides is 1. The summed E-state index contributed by atoms with van der Waals surface area (Å²) >= 11 is 0. The average molecular weight is 412 g/mol. The number of esters is 2. The standard InChI is InChI=1S/C18H24N2O7S/c1-26-17(22)5-4-10-19-16(21)13-27-18(23)14-6-8-15(9-7-14)28(24,25)20-11-2-3-12-20/h6-9H,2-5,10-13H2,1H3,(H,19,21). The van der Waals surface area contributed by atoms with Crippen LogP contribution < -0.4 is 5.32 Å². The van der Waals surface area contributed by atoms with Gasteiger partial charge in [0.1, 0.15) is 0 Å². The molecule has 1 aromatic rings. The number of nitrogens with one attached hydrogen (secondary N) is 1. The molecule has 0 radical (unpaired) electrons. The number of hydrogen-bond donors (Lipinski definition) is 1. The van der Waals surface area contributed by atoms with E-state index in [1.165, 1.54) is 35.7 Å². The third kappa shape index (κ3) is 6.03. The van der Waals surface area contributed by atoms with Crippen LogP contribution in [-0.2, 0) is 29.1 Å². The molecule has 2 rings (SSSR count). The largest absolute Gasteiger partial charge is 0.469 e. The van der Waals surface area contributed by atoms with Crippen LogP contribution in [0.15, 0.2) is 29.2 Å². The van der Waals surface area contributed by atoms with Crippen molar-refractivity contribution >= 4 is 27.9 Å². The molecular weight excluding hydrogens is 388 g/mol. The highest BCUT2D eigenvalue weighted by atomic mass is 32.2. The first kappa shape index (κ1) is 21.8. The summed E-state index contributed by atoms with van der Waals surface area (Å²) in [5.41, 5.74) is 0.152. The molecule has 0 aromatic heterocycles. The fourth-order valence-electron chi connectivity index (χ4n) is 2.67. The molecule has 0 spiro atoms. The van der Waals surface area contributed by atoms with Gasteiger partial charge < -0.3 is 14.8 Å². The summed E-state index contributed by atoms with van der Waals surface area (Å²) in [6, 6.07) is 5.44. The Morgan fingerprint density at radius 2 is 1.75 bits per heavy atom. The number of carbonyl (C=O) groups is 3. The van der Waals surface area contributed by atoms with Crippen molar-refractivity contribution < 1.29 is 32.3 Å². The molecule has 0 atom stereocenters. The average Bonchev–Trinajstić information content (AvgIpc) is 3.25. The maximum atomic E-state index is 12.4. The summed E-state index contributed by atoms with van der Waals surface area (Å²) in [6.45, 7) is 0.793. The lowest BCUT2D eigenvalue weighted by molar-refractivity contribution is -0.140. The SMILES string of the molecule is COC(=O)CCCNC(=O)COC(=O)c1ccc(S(=O)(=O)N2CCCC2)cc1. The Bertz CT molecular complexity index is 800. The minimum atomic E-state index is -3.54. The second-order valence-electron chi connectivity index (χ2n) is 6.24. The zero-order valence-corrected chi connectivity index (χ0v) is 16.5. The van der Waals surface area contributed by atoms with E-state index in [1.807, 2.05) is 0 Å². The maximum Gasteiger partial charge on any atom is 0.338 e. The minimum absolute atomic E-state index is 0.120. The predicted octanol–water partition coefficient (Wildman–Crippen LogP) is 0.697. The molecule has 10 heteroatoms. The highest BCUT2D eigenvalue weighted by Crippen LogP contribution is 2.21. The molecule has 1 aromatic carbocycles. The highest BCUT2D eigenvalue weighted by molar-refractivity contribution is 7.89. The van der Waals surface area contributed by atoms with Crippen LogP contribution >= 0.6 is 0 Å². The molecule has 0 unspecified atom stereocenters. The maximum absolute atomic E-state index is 12.4. The number of sulfonamides is 1. The number of hydrogen-bond acceptors (Lipinski definition) is 7. The zero-order chi connectivity index (χ0) is 20.6. The number of benzene rings is 1. The van der Waals surface area contributed by atoms with Crippen molar-refractivity contribution in [2.24, 2.45) is 0 Å². The highest BCUT2D eigenvalue weighted by Gasteiger charge is 2.27. The van der Waals surface area contributed by atoms with Gasteiger partial charge in [-0.25, -0.2) is 13.2 Å². The van der Waals surface area contributed by atoms with Crippen molar-refractivity contribution in [1.29, 1.82) is 0 Å². The molecule has 1 amide bonds. The molecule has 1 aliphatic heterocycles. The fourth-order valence-corrected chi connectivity index (χ4v) is 4.19. The van der Waals surface area contributed by atoms with E-state index in [0.29, 0.717) is 19.5 Å². The molecular formula is C18H24N2O7S. The minimum Gasteiger partial charge on any atom is -0.469 e. The van der Waals surface area contributed by atoms with E-state index >= 15 is 0 Å². The van der Waals surface area contributed by atoms with Gasteiger partial charge in [-0.3, -0.25) is 9.59 Å². The summed E-state index contributed by atoms with van der Waals surface area (Å²) in [5, 5.41) is 2.52. The molecule has 1 saturated heterocycles. The van der Waals surface area contributed by atoms with Gasteiger partial charge in [-0.15, -0.1) is 0 Å². The van der Waals surface area contributed by atoms with Gasteiger partial charge in [0.15, 0.2) is 6.61 Å². The Hall–Kier alpha value is -2.46. The third-order valence-corrected chi connectivity index (χ3v) is 6.15. The van der Waals surface area contributed by atoms with Gasteiger partial charge >= 0.3 is 11.9 Å². The van der Waals surface area contributed by atoms with Crippen LogP contribution in [0.25, 0.3) is 0 Å². The monoisotopic (exact) mass is 412 g/mol. The lowest BCUT2D eigenvalue weighted by Crippen LogP contribution is -2.30. The molecule has 28 heavy (non-hydrogen) atoms. The van der Waals surface area contributed by atoms with Crippen molar-refractivity contribution in [3.05, 3.63) is 29.8 Å². The number of nitrogens with zero attached hydrogens (tertiary/aromatic N) is 1.